The first-order valence-corrected chi connectivity index (χ1v) is 11.5. The summed E-state index contributed by atoms with van der Waals surface area (Å²) in [4.78, 5) is 33.1. The summed E-state index contributed by atoms with van der Waals surface area (Å²) in [5.74, 6) is 0.327. The van der Waals surface area contributed by atoms with Gasteiger partial charge in [-0.2, -0.15) is 13.2 Å². The molecule has 0 radical (unpaired) electrons. The molecule has 1 aromatic heterocycles. The van der Waals surface area contributed by atoms with Crippen molar-refractivity contribution in [2.45, 2.75) is 19.1 Å². The lowest BCUT2D eigenvalue weighted by atomic mass is 10.2. The van der Waals surface area contributed by atoms with E-state index in [0.717, 1.165) is 12.1 Å². The average molecular weight is 511 g/mol. The van der Waals surface area contributed by atoms with E-state index in [1.165, 1.54) is 28.7 Å². The molecule has 0 saturated heterocycles. The van der Waals surface area contributed by atoms with Crippen molar-refractivity contribution in [3.05, 3.63) is 101 Å². The van der Waals surface area contributed by atoms with Gasteiger partial charge in [-0.1, -0.05) is 30.3 Å². The zero-order valence-electron chi connectivity index (χ0n) is 20.2. The predicted octanol–water partition coefficient (Wildman–Crippen LogP) is 5.65. The van der Waals surface area contributed by atoms with Gasteiger partial charge in [-0.05, 0) is 55.5 Å². The van der Waals surface area contributed by atoms with Crippen LogP contribution in [0.5, 0.6) is 0 Å². The van der Waals surface area contributed by atoms with E-state index in [4.69, 9.17) is 9.72 Å². The van der Waals surface area contributed by atoms with E-state index in [1.807, 2.05) is 6.07 Å². The van der Waals surface area contributed by atoms with Crippen molar-refractivity contribution in [1.29, 1.82) is 0 Å². The van der Waals surface area contributed by atoms with Gasteiger partial charge in [-0.15, -0.1) is 0 Å². The van der Waals surface area contributed by atoms with Crippen molar-refractivity contribution >= 4 is 22.6 Å². The number of alkyl halides is 3. The molecule has 37 heavy (non-hydrogen) atoms. The largest absolute Gasteiger partial charge is 0.416 e. The Balaban J connectivity index is 1.75. The number of para-hydroxylation sites is 2. The molecule has 1 N–H and O–H groups in total. The van der Waals surface area contributed by atoms with Gasteiger partial charge in [-0.3, -0.25) is 9.36 Å². The van der Waals surface area contributed by atoms with E-state index in [1.54, 1.807) is 55.5 Å². The minimum atomic E-state index is -4.48. The smallest absolute Gasteiger partial charge is 0.383 e. The molecule has 0 spiro atoms. The summed E-state index contributed by atoms with van der Waals surface area (Å²) in [6.45, 7) is 2.06. The number of carbonyl (C=O) groups excluding carboxylic acids is 1. The first kappa shape index (κ1) is 25.9. The molecule has 0 saturated carbocycles. The summed E-state index contributed by atoms with van der Waals surface area (Å²) in [5.41, 5.74) is 0.161. The van der Waals surface area contributed by atoms with Crippen LogP contribution in [0, 0.1) is 0 Å². The Labute approximate surface area is 211 Å². The summed E-state index contributed by atoms with van der Waals surface area (Å²) in [6.07, 6.45) is -4.48. The summed E-state index contributed by atoms with van der Waals surface area (Å²) in [5, 5.41) is 3.07. The number of benzene rings is 3. The number of aromatic nitrogens is 2. The molecule has 1 heterocycles. The lowest BCUT2D eigenvalue weighted by molar-refractivity contribution is -0.137. The summed E-state index contributed by atoms with van der Waals surface area (Å²) < 4.78 is 45.4. The number of hydrogen-bond acceptors (Lipinski definition) is 4. The number of carbonyl (C=O) groups is 1. The van der Waals surface area contributed by atoms with E-state index >= 15 is 0 Å². The maximum atomic E-state index is 13.6. The van der Waals surface area contributed by atoms with E-state index < -0.39 is 23.8 Å². The molecule has 0 bridgehead atoms. The van der Waals surface area contributed by atoms with Crippen LogP contribution in [-0.2, 0) is 10.9 Å². The maximum Gasteiger partial charge on any atom is 0.416 e. The number of fused-ring (bicyclic) bond motifs is 1. The molecule has 0 aliphatic carbocycles. The zero-order chi connectivity index (χ0) is 26.6. The second-order valence-corrected chi connectivity index (χ2v) is 8.33. The molecular weight excluding hydrogens is 485 g/mol. The van der Waals surface area contributed by atoms with Crippen LogP contribution in [-0.4, -0.2) is 40.7 Å². The van der Waals surface area contributed by atoms with Crippen molar-refractivity contribution in [2.75, 3.05) is 25.6 Å². The van der Waals surface area contributed by atoms with Crippen molar-refractivity contribution in [3.8, 4) is 5.69 Å². The highest BCUT2D eigenvalue weighted by molar-refractivity contribution is 5.89. The first-order chi connectivity index (χ1) is 17.7. The van der Waals surface area contributed by atoms with E-state index in [2.05, 4.69) is 5.32 Å². The lowest BCUT2D eigenvalue weighted by Gasteiger charge is -2.30. The van der Waals surface area contributed by atoms with Gasteiger partial charge in [0.15, 0.2) is 0 Å². The monoisotopic (exact) mass is 510 g/mol. The lowest BCUT2D eigenvalue weighted by Crippen LogP contribution is -2.41. The molecule has 2 amide bonds. The molecule has 0 fully saturated rings. The number of hydrogen-bond donors (Lipinski definition) is 1. The van der Waals surface area contributed by atoms with Crippen molar-refractivity contribution in [2.24, 2.45) is 0 Å². The Hall–Kier alpha value is -4.18. The quantitative estimate of drug-likeness (QED) is 0.349. The second-order valence-electron chi connectivity index (χ2n) is 8.33. The predicted molar refractivity (Wildman–Crippen MR) is 135 cm³/mol. The van der Waals surface area contributed by atoms with Gasteiger partial charge < -0.3 is 15.0 Å². The highest BCUT2D eigenvalue weighted by Gasteiger charge is 2.30. The molecule has 10 heteroatoms. The fraction of sp³-hybridized carbons (Fsp3) is 0.222. The highest BCUT2D eigenvalue weighted by atomic mass is 19.4. The molecule has 3 aromatic carbocycles. The Morgan fingerprint density at radius 1 is 1.03 bits per heavy atom. The van der Waals surface area contributed by atoms with Gasteiger partial charge in [0.2, 0.25) is 0 Å². The van der Waals surface area contributed by atoms with Crippen LogP contribution in [0.15, 0.2) is 83.7 Å². The van der Waals surface area contributed by atoms with Crippen LogP contribution in [0.3, 0.4) is 0 Å². The topological polar surface area (TPSA) is 76.5 Å². The maximum absolute atomic E-state index is 13.6. The van der Waals surface area contributed by atoms with Crippen molar-refractivity contribution in [1.82, 2.24) is 14.5 Å². The Morgan fingerprint density at radius 2 is 1.68 bits per heavy atom. The Bertz CT molecular complexity index is 1440. The number of methoxy groups -OCH3 is 1. The Morgan fingerprint density at radius 3 is 2.32 bits per heavy atom. The fourth-order valence-electron chi connectivity index (χ4n) is 3.99. The third-order valence-electron chi connectivity index (χ3n) is 5.92. The number of halogens is 3. The van der Waals surface area contributed by atoms with Crippen LogP contribution in [0.2, 0.25) is 0 Å². The minimum absolute atomic E-state index is 0.140. The fourth-order valence-corrected chi connectivity index (χ4v) is 3.99. The number of amides is 2. The summed E-state index contributed by atoms with van der Waals surface area (Å²) in [6, 6.07) is 18.8. The van der Waals surface area contributed by atoms with Gasteiger partial charge in [0.05, 0.1) is 34.8 Å². The molecule has 0 aliphatic rings. The van der Waals surface area contributed by atoms with Gasteiger partial charge in [0, 0.05) is 19.3 Å². The SMILES string of the molecule is COCCN(C(=O)Nc1ccc(C(F)(F)F)cc1)C(C)c1nc2ccccc2c(=O)n1-c1ccccc1. The Kier molecular flexibility index (Phi) is 7.58. The molecule has 1 atom stereocenters. The number of anilines is 1. The van der Waals surface area contributed by atoms with E-state index in [0.29, 0.717) is 22.4 Å². The van der Waals surface area contributed by atoms with E-state index in [9.17, 15) is 22.8 Å². The molecule has 7 nitrogen and oxygen atoms in total. The molecule has 4 rings (SSSR count). The average Bonchev–Trinajstić information content (AvgIpc) is 2.89. The van der Waals surface area contributed by atoms with Gasteiger partial charge in [0.1, 0.15) is 5.82 Å². The first-order valence-electron chi connectivity index (χ1n) is 11.5. The number of rotatable bonds is 7. The molecule has 1 unspecified atom stereocenters. The molecular formula is C27H25F3N4O3. The van der Waals surface area contributed by atoms with Crippen LogP contribution in [0.25, 0.3) is 16.6 Å². The third kappa shape index (κ3) is 5.64. The minimum Gasteiger partial charge on any atom is -0.383 e. The van der Waals surface area contributed by atoms with E-state index in [-0.39, 0.29) is 24.4 Å². The standard InChI is InChI=1S/C27H25F3N4O3/c1-18(33(16-17-37-2)26(36)31-20-14-12-19(13-15-20)27(28,29)30)24-32-23-11-7-6-10-22(23)25(35)34(24)21-8-4-3-5-9-21/h3-15,18H,16-17H2,1-2H3,(H,31,36). The van der Waals surface area contributed by atoms with Crippen LogP contribution < -0.4 is 10.9 Å². The second kappa shape index (κ2) is 10.8. The summed E-state index contributed by atoms with van der Waals surface area (Å²) in [7, 11) is 1.49. The van der Waals surface area contributed by atoms with Crippen molar-refractivity contribution < 1.29 is 22.7 Å². The number of nitrogens with zero attached hydrogens (tertiary/aromatic N) is 3. The normalized spacial score (nSPS) is 12.4. The number of urea groups is 1. The highest BCUT2D eigenvalue weighted by Crippen LogP contribution is 2.30. The van der Waals surface area contributed by atoms with Gasteiger partial charge >= 0.3 is 12.2 Å². The third-order valence-corrected chi connectivity index (χ3v) is 5.92. The molecule has 192 valence electrons. The number of nitrogens with one attached hydrogen (secondary N) is 1. The zero-order valence-corrected chi connectivity index (χ0v) is 20.2. The molecule has 0 aliphatic heterocycles. The van der Waals surface area contributed by atoms with Crippen LogP contribution in [0.1, 0.15) is 24.4 Å². The number of ether oxygens (including phenoxy) is 1. The van der Waals surface area contributed by atoms with Gasteiger partial charge in [-0.25, -0.2) is 9.78 Å². The van der Waals surface area contributed by atoms with Gasteiger partial charge in [0.25, 0.3) is 5.56 Å². The van der Waals surface area contributed by atoms with Crippen LogP contribution >= 0.6 is 0 Å². The summed E-state index contributed by atoms with van der Waals surface area (Å²) >= 11 is 0. The molecule has 4 aromatic rings. The van der Waals surface area contributed by atoms with Crippen molar-refractivity contribution in [3.63, 3.8) is 0 Å². The van der Waals surface area contributed by atoms with Crippen LogP contribution in [0.4, 0.5) is 23.7 Å².